The second kappa shape index (κ2) is 6.17. The van der Waals surface area contributed by atoms with Crippen LogP contribution in [0.2, 0.25) is 0 Å². The largest absolute Gasteiger partial charge is 0.396 e. The first-order chi connectivity index (χ1) is 6.38. The van der Waals surface area contributed by atoms with Crippen molar-refractivity contribution in [2.75, 3.05) is 13.2 Å². The zero-order valence-electron chi connectivity index (χ0n) is 8.15. The minimum absolute atomic E-state index is 0.276. The lowest BCUT2D eigenvalue weighted by atomic mass is 9.88. The van der Waals surface area contributed by atoms with Crippen LogP contribution in [0.1, 0.15) is 32.1 Å². The Bertz CT molecular complexity index is 154. The van der Waals surface area contributed by atoms with Crippen molar-refractivity contribution in [2.45, 2.75) is 32.1 Å². The van der Waals surface area contributed by atoms with Crippen molar-refractivity contribution in [3.8, 4) is 0 Å². The molecule has 2 nitrogen and oxygen atoms in total. The van der Waals surface area contributed by atoms with Crippen molar-refractivity contribution in [3.63, 3.8) is 0 Å². The molecular formula is C11H20O2. The lowest BCUT2D eigenvalue weighted by molar-refractivity contribution is 0.177. The quantitative estimate of drug-likeness (QED) is 0.487. The Morgan fingerprint density at radius 3 is 2.69 bits per heavy atom. The molecule has 1 rings (SSSR count). The van der Waals surface area contributed by atoms with Gasteiger partial charge in [-0.05, 0) is 37.5 Å². The molecule has 0 heterocycles. The van der Waals surface area contributed by atoms with Crippen molar-refractivity contribution in [1.29, 1.82) is 0 Å². The molecule has 0 amide bonds. The topological polar surface area (TPSA) is 40.5 Å². The van der Waals surface area contributed by atoms with Gasteiger partial charge in [0.05, 0.1) is 0 Å². The fourth-order valence-corrected chi connectivity index (χ4v) is 2.01. The van der Waals surface area contributed by atoms with Gasteiger partial charge >= 0.3 is 0 Å². The molecule has 13 heavy (non-hydrogen) atoms. The molecule has 0 aromatic heterocycles. The fourth-order valence-electron chi connectivity index (χ4n) is 2.01. The van der Waals surface area contributed by atoms with E-state index in [0.717, 1.165) is 19.3 Å². The van der Waals surface area contributed by atoms with Crippen LogP contribution in [0.4, 0.5) is 0 Å². The van der Waals surface area contributed by atoms with Gasteiger partial charge in [-0.2, -0.15) is 0 Å². The van der Waals surface area contributed by atoms with E-state index in [1.807, 2.05) is 0 Å². The SMILES string of the molecule is OCCCCC(CO)C1C=CCC1. The molecule has 76 valence electrons. The summed E-state index contributed by atoms with van der Waals surface area (Å²) in [6.45, 7) is 0.569. The van der Waals surface area contributed by atoms with Gasteiger partial charge in [-0.1, -0.05) is 18.6 Å². The number of rotatable bonds is 6. The molecule has 0 fully saturated rings. The second-order valence-electron chi connectivity index (χ2n) is 3.83. The van der Waals surface area contributed by atoms with Gasteiger partial charge in [-0.3, -0.25) is 0 Å². The minimum atomic E-state index is 0.276. The van der Waals surface area contributed by atoms with Gasteiger partial charge in [-0.15, -0.1) is 0 Å². The average Bonchev–Trinajstić information content (AvgIpc) is 2.65. The average molecular weight is 184 g/mol. The summed E-state index contributed by atoms with van der Waals surface area (Å²) in [6.07, 6.45) is 9.76. The molecule has 0 bridgehead atoms. The van der Waals surface area contributed by atoms with E-state index in [1.165, 1.54) is 12.8 Å². The zero-order valence-corrected chi connectivity index (χ0v) is 8.15. The van der Waals surface area contributed by atoms with Gasteiger partial charge in [-0.25, -0.2) is 0 Å². The van der Waals surface area contributed by atoms with Gasteiger partial charge in [0.1, 0.15) is 0 Å². The predicted molar refractivity (Wildman–Crippen MR) is 53.4 cm³/mol. The first kappa shape index (κ1) is 10.7. The van der Waals surface area contributed by atoms with Crippen LogP contribution in [0.15, 0.2) is 12.2 Å². The van der Waals surface area contributed by atoms with E-state index < -0.39 is 0 Å². The van der Waals surface area contributed by atoms with Crippen LogP contribution >= 0.6 is 0 Å². The Morgan fingerprint density at radius 1 is 1.31 bits per heavy atom. The van der Waals surface area contributed by atoms with E-state index in [-0.39, 0.29) is 6.61 Å². The normalized spacial score (nSPS) is 23.7. The number of aliphatic hydroxyl groups is 2. The summed E-state index contributed by atoms with van der Waals surface area (Å²) < 4.78 is 0. The zero-order chi connectivity index (χ0) is 9.52. The first-order valence-electron chi connectivity index (χ1n) is 5.27. The summed E-state index contributed by atoms with van der Waals surface area (Å²) in [5.41, 5.74) is 0. The molecule has 0 saturated carbocycles. The fraction of sp³-hybridized carbons (Fsp3) is 0.818. The van der Waals surface area contributed by atoms with E-state index in [2.05, 4.69) is 12.2 Å². The number of aliphatic hydroxyl groups excluding tert-OH is 2. The first-order valence-corrected chi connectivity index (χ1v) is 5.27. The maximum Gasteiger partial charge on any atom is 0.0464 e. The highest BCUT2D eigenvalue weighted by Gasteiger charge is 2.19. The number of hydrogen-bond donors (Lipinski definition) is 2. The van der Waals surface area contributed by atoms with Gasteiger partial charge in [0.2, 0.25) is 0 Å². The molecule has 0 radical (unpaired) electrons. The van der Waals surface area contributed by atoms with Crippen LogP contribution in [0.25, 0.3) is 0 Å². The third kappa shape index (κ3) is 3.49. The van der Waals surface area contributed by atoms with E-state index in [0.29, 0.717) is 18.4 Å². The van der Waals surface area contributed by atoms with Crippen molar-refractivity contribution < 1.29 is 10.2 Å². The Hall–Kier alpha value is -0.340. The molecule has 2 atom stereocenters. The van der Waals surface area contributed by atoms with Gasteiger partial charge in [0.25, 0.3) is 0 Å². The summed E-state index contributed by atoms with van der Waals surface area (Å²) in [6, 6.07) is 0. The molecule has 0 saturated heterocycles. The van der Waals surface area contributed by atoms with Crippen molar-refractivity contribution >= 4 is 0 Å². The molecule has 1 aliphatic carbocycles. The van der Waals surface area contributed by atoms with E-state index in [1.54, 1.807) is 0 Å². The smallest absolute Gasteiger partial charge is 0.0464 e. The van der Waals surface area contributed by atoms with Crippen molar-refractivity contribution in [2.24, 2.45) is 11.8 Å². The second-order valence-corrected chi connectivity index (χ2v) is 3.83. The number of allylic oxidation sites excluding steroid dienone is 2. The molecule has 0 spiro atoms. The maximum absolute atomic E-state index is 9.19. The Morgan fingerprint density at radius 2 is 2.15 bits per heavy atom. The molecule has 0 aromatic carbocycles. The lowest BCUT2D eigenvalue weighted by Gasteiger charge is -2.19. The number of unbranched alkanes of at least 4 members (excludes halogenated alkanes) is 1. The van der Waals surface area contributed by atoms with Crippen LogP contribution in [0.5, 0.6) is 0 Å². The molecule has 1 aliphatic rings. The molecule has 2 N–H and O–H groups in total. The van der Waals surface area contributed by atoms with Crippen LogP contribution in [0, 0.1) is 11.8 Å². The van der Waals surface area contributed by atoms with Crippen LogP contribution in [0.3, 0.4) is 0 Å². The molecular weight excluding hydrogens is 164 g/mol. The molecule has 2 heteroatoms. The predicted octanol–water partition coefficient (Wildman–Crippen LogP) is 1.72. The van der Waals surface area contributed by atoms with Crippen LogP contribution in [-0.4, -0.2) is 23.4 Å². The Balaban J connectivity index is 2.21. The highest BCUT2D eigenvalue weighted by molar-refractivity contribution is 4.98. The molecule has 0 aliphatic heterocycles. The van der Waals surface area contributed by atoms with Crippen LogP contribution in [-0.2, 0) is 0 Å². The number of hydrogen-bond acceptors (Lipinski definition) is 2. The standard InChI is InChI=1S/C11H20O2/c12-8-4-3-7-11(9-13)10-5-1-2-6-10/h1,5,10-13H,2-4,6-9H2. The summed E-state index contributed by atoms with van der Waals surface area (Å²) in [7, 11) is 0. The Kier molecular flexibility index (Phi) is 5.09. The van der Waals surface area contributed by atoms with E-state index in [9.17, 15) is 5.11 Å². The summed E-state index contributed by atoms with van der Waals surface area (Å²) in [5.74, 6) is 1.01. The lowest BCUT2D eigenvalue weighted by Crippen LogP contribution is -2.15. The van der Waals surface area contributed by atoms with Crippen molar-refractivity contribution in [1.82, 2.24) is 0 Å². The third-order valence-electron chi connectivity index (χ3n) is 2.87. The highest BCUT2D eigenvalue weighted by Crippen LogP contribution is 2.28. The third-order valence-corrected chi connectivity index (χ3v) is 2.87. The van der Waals surface area contributed by atoms with Gasteiger partial charge in [0, 0.05) is 13.2 Å². The Labute approximate surface area is 80.3 Å². The molecule has 0 aromatic rings. The van der Waals surface area contributed by atoms with E-state index >= 15 is 0 Å². The minimum Gasteiger partial charge on any atom is -0.396 e. The monoisotopic (exact) mass is 184 g/mol. The summed E-state index contributed by atoms with van der Waals surface area (Å²) in [4.78, 5) is 0. The van der Waals surface area contributed by atoms with Gasteiger partial charge in [0.15, 0.2) is 0 Å². The van der Waals surface area contributed by atoms with Crippen LogP contribution < -0.4 is 0 Å². The highest BCUT2D eigenvalue weighted by atomic mass is 16.3. The summed E-state index contributed by atoms with van der Waals surface area (Å²) in [5, 5.41) is 17.8. The van der Waals surface area contributed by atoms with Gasteiger partial charge < -0.3 is 10.2 Å². The maximum atomic E-state index is 9.19. The molecule has 2 unspecified atom stereocenters. The van der Waals surface area contributed by atoms with E-state index in [4.69, 9.17) is 5.11 Å². The summed E-state index contributed by atoms with van der Waals surface area (Å²) >= 11 is 0. The van der Waals surface area contributed by atoms with Crippen molar-refractivity contribution in [3.05, 3.63) is 12.2 Å².